The predicted octanol–water partition coefficient (Wildman–Crippen LogP) is 6.67. The number of carbonyl (C=O) groups excluding carboxylic acids is 1. The van der Waals surface area contributed by atoms with Gasteiger partial charge in [0.25, 0.3) is 0 Å². The third-order valence-corrected chi connectivity index (χ3v) is 12.5. The molecule has 4 bridgehead atoms. The maximum absolute atomic E-state index is 13.1. The van der Waals surface area contributed by atoms with Crippen molar-refractivity contribution < 1.29 is 36.0 Å². The van der Waals surface area contributed by atoms with E-state index in [4.69, 9.17) is 4.74 Å². The number of unbranched alkanes of at least 4 members (excludes halogenated alkanes) is 1. The van der Waals surface area contributed by atoms with E-state index >= 15 is 0 Å². The van der Waals surface area contributed by atoms with E-state index in [2.05, 4.69) is 48.1 Å². The van der Waals surface area contributed by atoms with Crippen LogP contribution < -0.4 is 4.74 Å². The Hall–Kier alpha value is -1.91. The number of halogens is 2. The van der Waals surface area contributed by atoms with Crippen LogP contribution >= 0.6 is 0 Å². The van der Waals surface area contributed by atoms with Gasteiger partial charge < -0.3 is 14.0 Å². The van der Waals surface area contributed by atoms with Gasteiger partial charge in [0.2, 0.25) is 0 Å². The first-order valence-electron chi connectivity index (χ1n) is 14.8. The van der Waals surface area contributed by atoms with Gasteiger partial charge in [-0.2, -0.15) is 8.78 Å². The molecule has 5 fully saturated rings. The smallest absolute Gasteiger partial charge is 0.367 e. The minimum Gasteiger partial charge on any atom is -0.743 e. The lowest BCUT2D eigenvalue weighted by molar-refractivity contribution is -0.176. The fourth-order valence-electron chi connectivity index (χ4n) is 7.56. The number of benzene rings is 2. The van der Waals surface area contributed by atoms with E-state index in [0.717, 1.165) is 38.0 Å². The summed E-state index contributed by atoms with van der Waals surface area (Å²) in [7, 11) is -5.35. The number of esters is 1. The van der Waals surface area contributed by atoms with Crippen molar-refractivity contribution in [2.24, 2.45) is 23.2 Å². The lowest BCUT2D eigenvalue weighted by Crippen LogP contribution is -2.51. The third-order valence-electron chi connectivity index (χ3n) is 9.15. The van der Waals surface area contributed by atoms with Crippen molar-refractivity contribution in [1.82, 2.24) is 0 Å². The molecule has 1 heterocycles. The summed E-state index contributed by atoms with van der Waals surface area (Å²) in [6.45, 7) is 1.34. The molecule has 0 atom stereocenters. The Labute approximate surface area is 244 Å². The summed E-state index contributed by atoms with van der Waals surface area (Å²) < 4.78 is 68.0. The van der Waals surface area contributed by atoms with E-state index in [1.165, 1.54) is 41.5 Å². The van der Waals surface area contributed by atoms with Gasteiger partial charge >= 0.3 is 11.2 Å². The highest BCUT2D eigenvalue weighted by molar-refractivity contribution is 7.97. The second-order valence-corrected chi connectivity index (χ2v) is 16.0. The Morgan fingerprint density at radius 2 is 1.59 bits per heavy atom. The topological polar surface area (TPSA) is 92.7 Å². The van der Waals surface area contributed by atoms with Crippen LogP contribution in [0.15, 0.2) is 41.3 Å². The Kier molecular flexibility index (Phi) is 9.21. The minimum absolute atomic E-state index is 0.438. The SMILES string of the molecule is CCCCOc1ccc([S+]2CCCC2)c2ccccc12.O=C(OCC(F)(F)S(=O)(=O)[O-])C12CC3CC(CC(C3)C1)C2. The molecule has 10 heteroatoms. The molecule has 5 aliphatic rings. The van der Waals surface area contributed by atoms with Crippen LogP contribution in [0, 0.1) is 23.2 Å². The zero-order valence-corrected chi connectivity index (χ0v) is 25.3. The van der Waals surface area contributed by atoms with Crippen LogP contribution in [0.2, 0.25) is 0 Å². The monoisotopic (exact) mass is 610 g/mol. The van der Waals surface area contributed by atoms with Gasteiger partial charge in [-0.25, -0.2) is 8.42 Å². The molecule has 41 heavy (non-hydrogen) atoms. The molecule has 226 valence electrons. The summed E-state index contributed by atoms with van der Waals surface area (Å²) in [6.07, 6.45) is 10.2. The van der Waals surface area contributed by atoms with Crippen LogP contribution in [0.5, 0.6) is 5.75 Å². The lowest BCUT2D eigenvalue weighted by atomic mass is 9.49. The third kappa shape index (κ3) is 6.69. The first-order valence-corrected chi connectivity index (χ1v) is 17.8. The molecule has 7 rings (SSSR count). The predicted molar refractivity (Wildman–Crippen MR) is 155 cm³/mol. The first kappa shape index (κ1) is 30.5. The number of fused-ring (bicyclic) bond motifs is 1. The molecular formula is C31H40F2O6S2. The van der Waals surface area contributed by atoms with Crippen LogP contribution in [0.4, 0.5) is 8.78 Å². The van der Waals surface area contributed by atoms with Gasteiger partial charge in [-0.1, -0.05) is 31.5 Å². The summed E-state index contributed by atoms with van der Waals surface area (Å²) in [5.74, 6) is 4.36. The highest BCUT2D eigenvalue weighted by Gasteiger charge is 2.56. The molecule has 4 aliphatic carbocycles. The highest BCUT2D eigenvalue weighted by atomic mass is 32.2. The number of rotatable bonds is 9. The van der Waals surface area contributed by atoms with E-state index < -0.39 is 33.4 Å². The number of alkyl halides is 2. The van der Waals surface area contributed by atoms with E-state index in [9.17, 15) is 26.5 Å². The lowest BCUT2D eigenvalue weighted by Gasteiger charge is -2.55. The van der Waals surface area contributed by atoms with Gasteiger partial charge in [0, 0.05) is 21.7 Å². The summed E-state index contributed by atoms with van der Waals surface area (Å²) in [5.41, 5.74) is -0.739. The van der Waals surface area contributed by atoms with Crippen molar-refractivity contribution in [3.05, 3.63) is 36.4 Å². The first-order chi connectivity index (χ1) is 19.5. The van der Waals surface area contributed by atoms with Crippen molar-refractivity contribution in [2.75, 3.05) is 24.7 Å². The van der Waals surface area contributed by atoms with E-state index in [1.54, 1.807) is 4.90 Å². The number of ether oxygens (including phenoxy) is 2. The van der Waals surface area contributed by atoms with E-state index in [1.807, 2.05) is 0 Å². The standard InChI is InChI=1S/C18H23OS.C13H18F2O5S/c1-2-3-12-19-17-10-11-18(20-13-6-7-14-20)16-9-5-4-8-15(16)17;14-13(15,21(17,18)19)7-20-11(16)12-4-8-1-9(5-12)3-10(2-8)6-12/h4-5,8-11H,2-3,6-7,12-14H2,1H3;8-10H,1-7H2,(H,17,18,19)/q+1;/p-1. The Morgan fingerprint density at radius 1 is 1.00 bits per heavy atom. The largest absolute Gasteiger partial charge is 0.743 e. The second-order valence-electron chi connectivity index (χ2n) is 12.3. The molecule has 0 aromatic heterocycles. The number of hydrogen-bond acceptors (Lipinski definition) is 6. The van der Waals surface area contributed by atoms with Crippen molar-refractivity contribution in [3.63, 3.8) is 0 Å². The van der Waals surface area contributed by atoms with Gasteiger partial charge in [-0.05, 0) is 93.7 Å². The normalized spacial score (nSPS) is 27.5. The summed E-state index contributed by atoms with van der Waals surface area (Å²) in [5, 5.41) is -1.86. The van der Waals surface area contributed by atoms with Gasteiger partial charge in [0.1, 0.15) is 17.3 Å². The number of carbonyl (C=O) groups is 1. The van der Waals surface area contributed by atoms with Gasteiger partial charge in [0.05, 0.1) is 12.0 Å². The van der Waals surface area contributed by atoms with Crippen molar-refractivity contribution in [2.45, 2.75) is 81.3 Å². The summed E-state index contributed by atoms with van der Waals surface area (Å²) in [6, 6.07) is 13.3. The zero-order chi connectivity index (χ0) is 29.3. The van der Waals surface area contributed by atoms with Gasteiger partial charge in [-0.15, -0.1) is 0 Å². The van der Waals surface area contributed by atoms with Crippen LogP contribution in [-0.4, -0.2) is 48.9 Å². The molecule has 1 saturated heterocycles. The second kappa shape index (κ2) is 12.4. The Morgan fingerprint density at radius 3 is 2.15 bits per heavy atom. The van der Waals surface area contributed by atoms with Crippen LogP contribution in [0.25, 0.3) is 10.8 Å². The minimum atomic E-state index is -5.81. The van der Waals surface area contributed by atoms with E-state index in [-0.39, 0.29) is 0 Å². The molecule has 0 N–H and O–H groups in total. The molecule has 4 saturated carbocycles. The van der Waals surface area contributed by atoms with Gasteiger partial charge in [0.15, 0.2) is 21.6 Å². The molecule has 2 aromatic carbocycles. The van der Waals surface area contributed by atoms with Crippen LogP contribution in [-0.2, 0) is 30.5 Å². The molecule has 0 radical (unpaired) electrons. The molecular weight excluding hydrogens is 570 g/mol. The van der Waals surface area contributed by atoms with Crippen molar-refractivity contribution >= 4 is 37.8 Å². The Bertz CT molecular complexity index is 1300. The Balaban J connectivity index is 0.000000165. The van der Waals surface area contributed by atoms with Gasteiger partial charge in [-0.3, -0.25) is 4.79 Å². The summed E-state index contributed by atoms with van der Waals surface area (Å²) >= 11 is 0. The van der Waals surface area contributed by atoms with Crippen molar-refractivity contribution in [1.29, 1.82) is 0 Å². The molecule has 1 aliphatic heterocycles. The highest BCUT2D eigenvalue weighted by Crippen LogP contribution is 2.60. The van der Waals surface area contributed by atoms with Crippen LogP contribution in [0.1, 0.15) is 71.1 Å². The average Bonchev–Trinajstić information content (AvgIpc) is 3.46. The molecule has 0 spiro atoms. The molecule has 6 nitrogen and oxygen atoms in total. The molecule has 0 unspecified atom stereocenters. The summed E-state index contributed by atoms with van der Waals surface area (Å²) in [4.78, 5) is 13.8. The zero-order valence-electron chi connectivity index (χ0n) is 23.6. The fourth-order valence-corrected chi connectivity index (χ4v) is 10.3. The fraction of sp³-hybridized carbons (Fsp3) is 0.645. The molecule has 2 aromatic rings. The maximum Gasteiger partial charge on any atom is 0.367 e. The quantitative estimate of drug-likeness (QED) is 0.136. The van der Waals surface area contributed by atoms with Crippen LogP contribution in [0.3, 0.4) is 0 Å². The average molecular weight is 611 g/mol. The molecule has 0 amide bonds. The number of hydrogen-bond donors (Lipinski definition) is 0. The van der Waals surface area contributed by atoms with E-state index in [0.29, 0.717) is 47.9 Å². The van der Waals surface area contributed by atoms with Crippen molar-refractivity contribution in [3.8, 4) is 5.75 Å². The maximum atomic E-state index is 13.1.